The van der Waals surface area contributed by atoms with Gasteiger partial charge >= 0.3 is 0 Å². The molecule has 3 rings (SSSR count). The van der Waals surface area contributed by atoms with Crippen molar-refractivity contribution in [3.8, 4) is 0 Å². The molecule has 1 heterocycles. The van der Waals surface area contributed by atoms with Crippen LogP contribution >= 0.6 is 0 Å². The Bertz CT molecular complexity index is 647. The maximum Gasteiger partial charge on any atom is 0.222 e. The van der Waals surface area contributed by atoms with E-state index >= 15 is 0 Å². The van der Waals surface area contributed by atoms with Crippen LogP contribution in [-0.4, -0.2) is 33.2 Å². The van der Waals surface area contributed by atoms with Crippen molar-refractivity contribution in [2.24, 2.45) is 5.92 Å². The third-order valence-electron chi connectivity index (χ3n) is 4.87. The molecule has 0 spiro atoms. The van der Waals surface area contributed by atoms with Gasteiger partial charge in [-0.3, -0.25) is 4.79 Å². The van der Waals surface area contributed by atoms with Crippen LogP contribution in [0.2, 0.25) is 0 Å². The molecule has 23 heavy (non-hydrogen) atoms. The van der Waals surface area contributed by atoms with Crippen molar-refractivity contribution in [3.63, 3.8) is 0 Å². The minimum absolute atomic E-state index is 0.00686. The third kappa shape index (κ3) is 3.91. The lowest BCUT2D eigenvalue weighted by molar-refractivity contribution is -0.122. The predicted molar refractivity (Wildman–Crippen MR) is 89.9 cm³/mol. The average Bonchev–Trinajstić information content (AvgIpc) is 3.02. The fraction of sp³-hybridized carbons (Fsp3) is 0.556. The van der Waals surface area contributed by atoms with Crippen LogP contribution in [0.25, 0.3) is 11.0 Å². The summed E-state index contributed by atoms with van der Waals surface area (Å²) in [5.74, 6) is 0.430. The number of aromatic nitrogens is 2. The number of carbonyl (C=O) groups is 1. The highest BCUT2D eigenvalue weighted by Gasteiger charge is 2.24. The normalized spacial score (nSPS) is 17.3. The van der Waals surface area contributed by atoms with E-state index < -0.39 is 0 Å². The van der Waals surface area contributed by atoms with E-state index in [0.29, 0.717) is 18.9 Å². The molecule has 0 bridgehead atoms. The molecule has 2 aromatic rings. The molecule has 0 radical (unpaired) electrons. The lowest BCUT2D eigenvalue weighted by Crippen LogP contribution is -2.43. The lowest BCUT2D eigenvalue weighted by atomic mass is 9.84. The van der Waals surface area contributed by atoms with Crippen molar-refractivity contribution < 1.29 is 9.90 Å². The van der Waals surface area contributed by atoms with Gasteiger partial charge in [-0.05, 0) is 30.9 Å². The molecule has 1 aromatic carbocycles. The Balaban J connectivity index is 1.54. The highest BCUT2D eigenvalue weighted by atomic mass is 16.3. The molecular weight excluding hydrogens is 290 g/mol. The van der Waals surface area contributed by atoms with Gasteiger partial charge in [0, 0.05) is 13.0 Å². The topological polar surface area (TPSA) is 67.2 Å². The van der Waals surface area contributed by atoms with E-state index in [2.05, 4.69) is 10.3 Å². The molecule has 5 nitrogen and oxygen atoms in total. The lowest BCUT2D eigenvalue weighted by Gasteiger charge is -2.29. The Hall–Kier alpha value is -1.88. The summed E-state index contributed by atoms with van der Waals surface area (Å²) in [4.78, 5) is 16.6. The van der Waals surface area contributed by atoms with Crippen LogP contribution in [0.3, 0.4) is 0 Å². The molecular formula is C18H25N3O2. The van der Waals surface area contributed by atoms with Gasteiger partial charge in [-0.15, -0.1) is 0 Å². The quantitative estimate of drug-likeness (QED) is 0.860. The van der Waals surface area contributed by atoms with E-state index in [1.807, 2.05) is 28.8 Å². The predicted octanol–water partition coefficient (Wildman–Crippen LogP) is 2.48. The number of para-hydroxylation sites is 2. The van der Waals surface area contributed by atoms with Gasteiger partial charge in [0.05, 0.1) is 30.0 Å². The second-order valence-electron chi connectivity index (χ2n) is 6.43. The fourth-order valence-corrected chi connectivity index (χ4v) is 3.54. The zero-order valence-corrected chi connectivity index (χ0v) is 13.4. The molecule has 1 amide bonds. The van der Waals surface area contributed by atoms with Crippen LogP contribution in [0.4, 0.5) is 0 Å². The highest BCUT2D eigenvalue weighted by Crippen LogP contribution is 2.26. The number of carbonyl (C=O) groups excluding carboxylic acids is 1. The van der Waals surface area contributed by atoms with Gasteiger partial charge in [0.25, 0.3) is 0 Å². The summed E-state index contributed by atoms with van der Waals surface area (Å²) in [7, 11) is 0. The van der Waals surface area contributed by atoms with Crippen molar-refractivity contribution in [1.29, 1.82) is 0 Å². The summed E-state index contributed by atoms with van der Waals surface area (Å²) in [5.41, 5.74) is 2.00. The van der Waals surface area contributed by atoms with Crippen LogP contribution in [0.5, 0.6) is 0 Å². The van der Waals surface area contributed by atoms with Crippen molar-refractivity contribution in [3.05, 3.63) is 30.6 Å². The summed E-state index contributed by atoms with van der Waals surface area (Å²) in [6.45, 7) is 0.638. The molecule has 2 N–H and O–H groups in total. The van der Waals surface area contributed by atoms with E-state index in [4.69, 9.17) is 0 Å². The van der Waals surface area contributed by atoms with E-state index in [-0.39, 0.29) is 18.6 Å². The standard InChI is InChI=1S/C18H25N3O2/c22-12-16(14-6-2-1-3-7-14)20-18(23)10-11-21-13-19-15-8-4-5-9-17(15)21/h4-5,8-9,13-14,16,22H,1-3,6-7,10-12H2,(H,20,23). The number of aliphatic hydroxyl groups excluding tert-OH is 1. The van der Waals surface area contributed by atoms with Crippen LogP contribution in [0, 0.1) is 5.92 Å². The largest absolute Gasteiger partial charge is 0.394 e. The number of nitrogens with one attached hydrogen (secondary N) is 1. The zero-order chi connectivity index (χ0) is 16.1. The first kappa shape index (κ1) is 16.0. The Morgan fingerprint density at radius 2 is 2.09 bits per heavy atom. The number of imidazole rings is 1. The third-order valence-corrected chi connectivity index (χ3v) is 4.87. The Labute approximate surface area is 136 Å². The zero-order valence-electron chi connectivity index (χ0n) is 13.4. The first-order valence-corrected chi connectivity index (χ1v) is 8.58. The summed E-state index contributed by atoms with van der Waals surface area (Å²) < 4.78 is 2.00. The van der Waals surface area contributed by atoms with Crippen LogP contribution in [0.1, 0.15) is 38.5 Å². The number of hydrogen-bond acceptors (Lipinski definition) is 3. The average molecular weight is 315 g/mol. The second-order valence-corrected chi connectivity index (χ2v) is 6.43. The number of aliphatic hydroxyl groups is 1. The minimum Gasteiger partial charge on any atom is -0.394 e. The van der Waals surface area contributed by atoms with E-state index in [1.54, 1.807) is 6.33 Å². The number of amides is 1. The fourth-order valence-electron chi connectivity index (χ4n) is 3.54. The summed E-state index contributed by atoms with van der Waals surface area (Å²) in [5, 5.41) is 12.6. The maximum atomic E-state index is 12.2. The van der Waals surface area contributed by atoms with Crippen LogP contribution < -0.4 is 5.32 Å². The number of nitrogens with zero attached hydrogens (tertiary/aromatic N) is 2. The summed E-state index contributed by atoms with van der Waals surface area (Å²) >= 11 is 0. The van der Waals surface area contributed by atoms with Crippen molar-refractivity contribution in [2.45, 2.75) is 51.1 Å². The number of rotatable bonds is 6. The Kier molecular flexibility index (Phi) is 5.28. The van der Waals surface area contributed by atoms with E-state index in [9.17, 15) is 9.90 Å². The SMILES string of the molecule is O=C(CCn1cnc2ccccc21)NC(CO)C1CCCCC1. The van der Waals surface area contributed by atoms with Crippen LogP contribution in [-0.2, 0) is 11.3 Å². The molecule has 1 unspecified atom stereocenters. The molecule has 1 fully saturated rings. The minimum atomic E-state index is -0.0951. The van der Waals surface area contributed by atoms with Gasteiger partial charge in [-0.25, -0.2) is 4.98 Å². The number of hydrogen-bond donors (Lipinski definition) is 2. The molecule has 1 aromatic heterocycles. The first-order chi connectivity index (χ1) is 11.3. The second kappa shape index (κ2) is 7.59. The van der Waals surface area contributed by atoms with Gasteiger partial charge in [0.15, 0.2) is 0 Å². The molecule has 1 saturated carbocycles. The molecule has 0 aliphatic heterocycles. The molecule has 5 heteroatoms. The first-order valence-electron chi connectivity index (χ1n) is 8.58. The van der Waals surface area contributed by atoms with Gasteiger partial charge in [0.2, 0.25) is 5.91 Å². The van der Waals surface area contributed by atoms with Crippen molar-refractivity contribution in [2.75, 3.05) is 6.61 Å². The van der Waals surface area contributed by atoms with E-state index in [0.717, 1.165) is 23.9 Å². The van der Waals surface area contributed by atoms with Gasteiger partial charge < -0.3 is 15.0 Å². The molecule has 1 aliphatic carbocycles. The van der Waals surface area contributed by atoms with Gasteiger partial charge in [-0.2, -0.15) is 0 Å². The number of aryl methyl sites for hydroxylation is 1. The van der Waals surface area contributed by atoms with Crippen molar-refractivity contribution in [1.82, 2.24) is 14.9 Å². The van der Waals surface area contributed by atoms with Gasteiger partial charge in [0.1, 0.15) is 0 Å². The van der Waals surface area contributed by atoms with Crippen LogP contribution in [0.15, 0.2) is 30.6 Å². The maximum absolute atomic E-state index is 12.2. The van der Waals surface area contributed by atoms with E-state index in [1.165, 1.54) is 19.3 Å². The molecule has 0 saturated heterocycles. The summed E-state index contributed by atoms with van der Waals surface area (Å²) in [6, 6.07) is 7.82. The number of benzene rings is 1. The smallest absolute Gasteiger partial charge is 0.222 e. The number of fused-ring (bicyclic) bond motifs is 1. The Morgan fingerprint density at radius 1 is 1.30 bits per heavy atom. The summed E-state index contributed by atoms with van der Waals surface area (Å²) in [6.07, 6.45) is 8.09. The monoisotopic (exact) mass is 315 g/mol. The Morgan fingerprint density at radius 3 is 2.87 bits per heavy atom. The van der Waals surface area contributed by atoms with Crippen molar-refractivity contribution >= 4 is 16.9 Å². The van der Waals surface area contributed by atoms with Gasteiger partial charge in [-0.1, -0.05) is 31.4 Å². The molecule has 1 atom stereocenters. The molecule has 1 aliphatic rings. The highest BCUT2D eigenvalue weighted by molar-refractivity contribution is 5.77. The molecule has 124 valence electrons.